The molecule has 1 amide bonds. The fourth-order valence-corrected chi connectivity index (χ4v) is 2.59. The van der Waals surface area contributed by atoms with E-state index in [9.17, 15) is 18.0 Å². The molecular formula is C16H21F3N2O2. The van der Waals surface area contributed by atoms with Crippen LogP contribution >= 0.6 is 0 Å². The van der Waals surface area contributed by atoms with Gasteiger partial charge in [-0.3, -0.25) is 4.79 Å². The molecule has 23 heavy (non-hydrogen) atoms. The van der Waals surface area contributed by atoms with Crippen molar-refractivity contribution >= 4 is 5.91 Å². The Hall–Kier alpha value is -1.76. The second kappa shape index (κ2) is 7.21. The first-order valence-electron chi connectivity index (χ1n) is 7.59. The number of hydrogen-bond acceptors (Lipinski definition) is 3. The van der Waals surface area contributed by atoms with Crippen molar-refractivity contribution in [1.29, 1.82) is 0 Å². The monoisotopic (exact) mass is 330 g/mol. The minimum Gasteiger partial charge on any atom is -0.406 e. The molecule has 1 heterocycles. The number of amides is 1. The first-order valence-corrected chi connectivity index (χ1v) is 7.59. The molecule has 1 unspecified atom stereocenters. The van der Waals surface area contributed by atoms with E-state index in [0.717, 1.165) is 25.9 Å². The van der Waals surface area contributed by atoms with E-state index in [1.54, 1.807) is 6.92 Å². The first kappa shape index (κ1) is 17.6. The zero-order valence-electron chi connectivity index (χ0n) is 13.2. The Balaban J connectivity index is 1.91. The third-order valence-electron chi connectivity index (χ3n) is 4.07. The summed E-state index contributed by atoms with van der Waals surface area (Å²) in [5, 5.41) is 3.01. The zero-order chi connectivity index (χ0) is 17.0. The molecule has 1 aliphatic heterocycles. The van der Waals surface area contributed by atoms with Crippen LogP contribution in [0, 0.1) is 0 Å². The molecule has 0 bridgehead atoms. The topological polar surface area (TPSA) is 41.6 Å². The van der Waals surface area contributed by atoms with Gasteiger partial charge < -0.3 is 15.0 Å². The number of piperidine rings is 1. The summed E-state index contributed by atoms with van der Waals surface area (Å²) in [5.41, 5.74) is 0.657. The minimum atomic E-state index is -4.71. The number of carbonyl (C=O) groups excluding carboxylic acids is 1. The zero-order valence-corrected chi connectivity index (χ0v) is 13.2. The minimum absolute atomic E-state index is 0.107. The number of halogens is 3. The predicted octanol–water partition coefficient (Wildman–Crippen LogP) is 2.90. The maximum absolute atomic E-state index is 12.3. The normalized spacial score (nSPS) is 18.5. The van der Waals surface area contributed by atoms with Crippen molar-refractivity contribution in [2.45, 2.75) is 38.1 Å². The standard InChI is InChI=1S/C16H21F3N2O2/c1-11(15(22)20-13-7-9-21(2)10-8-13)12-3-5-14(6-4-12)23-16(17,18)19/h3-6,11,13H,7-10H2,1-2H3,(H,20,22). The number of nitrogens with zero attached hydrogens (tertiary/aromatic N) is 1. The molecule has 1 atom stereocenters. The molecule has 1 fully saturated rings. The number of benzene rings is 1. The van der Waals surface area contributed by atoms with Crippen molar-refractivity contribution in [2.24, 2.45) is 0 Å². The maximum Gasteiger partial charge on any atom is 0.573 e. The van der Waals surface area contributed by atoms with Crippen LogP contribution in [0.2, 0.25) is 0 Å². The van der Waals surface area contributed by atoms with Gasteiger partial charge in [0.1, 0.15) is 5.75 Å². The fraction of sp³-hybridized carbons (Fsp3) is 0.562. The molecule has 0 spiro atoms. The summed E-state index contributed by atoms with van der Waals surface area (Å²) < 4.78 is 40.2. The summed E-state index contributed by atoms with van der Waals surface area (Å²) in [6.07, 6.45) is -2.89. The van der Waals surface area contributed by atoms with Crippen LogP contribution in [0.4, 0.5) is 13.2 Å². The van der Waals surface area contributed by atoms with E-state index in [1.165, 1.54) is 24.3 Å². The lowest BCUT2D eigenvalue weighted by atomic mass is 9.98. The lowest BCUT2D eigenvalue weighted by molar-refractivity contribution is -0.274. The molecule has 128 valence electrons. The Labute approximate surface area is 133 Å². The molecule has 1 N–H and O–H groups in total. The van der Waals surface area contributed by atoms with E-state index in [4.69, 9.17) is 0 Å². The van der Waals surface area contributed by atoms with Gasteiger partial charge in [-0.05, 0) is 57.6 Å². The quantitative estimate of drug-likeness (QED) is 0.923. The van der Waals surface area contributed by atoms with Crippen LogP contribution in [0.5, 0.6) is 5.75 Å². The first-order chi connectivity index (χ1) is 10.7. The fourth-order valence-electron chi connectivity index (χ4n) is 2.59. The van der Waals surface area contributed by atoms with Crippen molar-refractivity contribution in [3.8, 4) is 5.75 Å². The van der Waals surface area contributed by atoms with Gasteiger partial charge in [0.25, 0.3) is 0 Å². The lowest BCUT2D eigenvalue weighted by Crippen LogP contribution is -2.44. The second-order valence-corrected chi connectivity index (χ2v) is 5.92. The molecule has 0 radical (unpaired) electrons. The highest BCUT2D eigenvalue weighted by atomic mass is 19.4. The van der Waals surface area contributed by atoms with Gasteiger partial charge in [-0.2, -0.15) is 0 Å². The summed E-state index contributed by atoms with van der Waals surface area (Å²) in [4.78, 5) is 14.5. The van der Waals surface area contributed by atoms with Gasteiger partial charge in [0, 0.05) is 6.04 Å². The molecular weight excluding hydrogens is 309 g/mol. The lowest BCUT2D eigenvalue weighted by Gasteiger charge is -2.30. The number of carbonyl (C=O) groups is 1. The highest BCUT2D eigenvalue weighted by molar-refractivity contribution is 5.83. The van der Waals surface area contributed by atoms with Crippen molar-refractivity contribution < 1.29 is 22.7 Å². The van der Waals surface area contributed by atoms with Gasteiger partial charge in [0.2, 0.25) is 5.91 Å². The number of nitrogens with one attached hydrogen (secondary N) is 1. The Morgan fingerprint density at radius 2 is 1.83 bits per heavy atom. The summed E-state index contributed by atoms with van der Waals surface area (Å²) in [5.74, 6) is -0.817. The highest BCUT2D eigenvalue weighted by Crippen LogP contribution is 2.25. The number of hydrogen-bond donors (Lipinski definition) is 1. The van der Waals surface area contributed by atoms with E-state index < -0.39 is 12.3 Å². The molecule has 1 aliphatic rings. The summed E-state index contributed by atoms with van der Waals surface area (Å²) in [6, 6.07) is 5.58. The number of ether oxygens (including phenoxy) is 1. The van der Waals surface area contributed by atoms with E-state index in [2.05, 4.69) is 15.0 Å². The van der Waals surface area contributed by atoms with Crippen LogP contribution in [-0.4, -0.2) is 43.3 Å². The van der Waals surface area contributed by atoms with Crippen molar-refractivity contribution in [3.05, 3.63) is 29.8 Å². The molecule has 2 rings (SSSR count). The van der Waals surface area contributed by atoms with E-state index in [1.807, 2.05) is 7.05 Å². The van der Waals surface area contributed by atoms with Crippen molar-refractivity contribution in [2.75, 3.05) is 20.1 Å². The molecule has 7 heteroatoms. The second-order valence-electron chi connectivity index (χ2n) is 5.92. The number of likely N-dealkylation sites (tertiary alicyclic amines) is 1. The molecule has 1 aromatic rings. The molecule has 4 nitrogen and oxygen atoms in total. The Morgan fingerprint density at radius 3 is 2.35 bits per heavy atom. The van der Waals surface area contributed by atoms with Crippen LogP contribution in [0.15, 0.2) is 24.3 Å². The maximum atomic E-state index is 12.3. The van der Waals surface area contributed by atoms with Gasteiger partial charge in [-0.15, -0.1) is 13.2 Å². The largest absolute Gasteiger partial charge is 0.573 e. The van der Waals surface area contributed by atoms with Crippen LogP contribution in [0.1, 0.15) is 31.2 Å². The SMILES string of the molecule is CC(C(=O)NC1CCN(C)CC1)c1ccc(OC(F)(F)F)cc1. The third-order valence-corrected chi connectivity index (χ3v) is 4.07. The van der Waals surface area contributed by atoms with E-state index in [-0.39, 0.29) is 17.7 Å². The molecule has 0 saturated carbocycles. The van der Waals surface area contributed by atoms with Crippen molar-refractivity contribution in [1.82, 2.24) is 10.2 Å². The summed E-state index contributed by atoms with van der Waals surface area (Å²) in [7, 11) is 2.05. The van der Waals surface area contributed by atoms with Crippen molar-refractivity contribution in [3.63, 3.8) is 0 Å². The van der Waals surface area contributed by atoms with Gasteiger partial charge in [0.15, 0.2) is 0 Å². The number of alkyl halides is 3. The molecule has 1 saturated heterocycles. The van der Waals surface area contributed by atoms with Crippen LogP contribution in [-0.2, 0) is 4.79 Å². The summed E-state index contributed by atoms with van der Waals surface area (Å²) in [6.45, 7) is 3.63. The summed E-state index contributed by atoms with van der Waals surface area (Å²) >= 11 is 0. The predicted molar refractivity (Wildman–Crippen MR) is 80.2 cm³/mol. The number of rotatable bonds is 4. The van der Waals surface area contributed by atoms with Gasteiger partial charge in [-0.1, -0.05) is 12.1 Å². The van der Waals surface area contributed by atoms with Gasteiger partial charge >= 0.3 is 6.36 Å². The van der Waals surface area contributed by atoms with E-state index >= 15 is 0 Å². The average Bonchev–Trinajstić information content (AvgIpc) is 2.48. The van der Waals surface area contributed by atoms with Crippen LogP contribution in [0.3, 0.4) is 0 Å². The Morgan fingerprint density at radius 1 is 1.26 bits per heavy atom. The Kier molecular flexibility index (Phi) is 5.51. The smallest absolute Gasteiger partial charge is 0.406 e. The molecule has 0 aliphatic carbocycles. The highest BCUT2D eigenvalue weighted by Gasteiger charge is 2.31. The molecule has 1 aromatic carbocycles. The van der Waals surface area contributed by atoms with E-state index in [0.29, 0.717) is 5.56 Å². The average molecular weight is 330 g/mol. The Bertz CT molecular complexity index is 523. The van der Waals surface area contributed by atoms with Crippen LogP contribution < -0.4 is 10.1 Å². The third kappa shape index (κ3) is 5.42. The molecule has 0 aromatic heterocycles. The van der Waals surface area contributed by atoms with Gasteiger partial charge in [-0.25, -0.2) is 0 Å². The van der Waals surface area contributed by atoms with Crippen LogP contribution in [0.25, 0.3) is 0 Å². The van der Waals surface area contributed by atoms with Gasteiger partial charge in [0.05, 0.1) is 5.92 Å².